The monoisotopic (exact) mass is 451 g/mol. The van der Waals surface area contributed by atoms with Gasteiger partial charge in [-0.05, 0) is 54.6 Å². The molecule has 2 aromatic carbocycles. The lowest BCUT2D eigenvalue weighted by atomic mass is 10.1. The molecule has 2 aromatic rings. The summed E-state index contributed by atoms with van der Waals surface area (Å²) in [6, 6.07) is 11.5. The maximum atomic E-state index is 12.6. The van der Waals surface area contributed by atoms with Crippen molar-refractivity contribution in [1.29, 1.82) is 0 Å². The van der Waals surface area contributed by atoms with Crippen molar-refractivity contribution < 1.29 is 22.7 Å². The smallest absolute Gasteiger partial charge is 0.263 e. The Hall–Kier alpha value is -2.72. The summed E-state index contributed by atoms with van der Waals surface area (Å²) < 4.78 is 38.2. The lowest BCUT2D eigenvalue weighted by molar-refractivity contribution is -0.114. The summed E-state index contributed by atoms with van der Waals surface area (Å²) in [5.74, 6) is 1.05. The topological polar surface area (TPSA) is 106 Å². The van der Waals surface area contributed by atoms with Crippen molar-refractivity contribution >= 4 is 38.5 Å². The minimum Gasteiger partial charge on any atom is -0.493 e. The summed E-state index contributed by atoms with van der Waals surface area (Å²) in [5.41, 5.74) is 1.52. The van der Waals surface area contributed by atoms with E-state index in [1.807, 2.05) is 18.2 Å². The van der Waals surface area contributed by atoms with E-state index in [0.717, 1.165) is 5.56 Å². The highest BCUT2D eigenvalue weighted by Crippen LogP contribution is 2.27. The Bertz CT molecular complexity index is 1010. The van der Waals surface area contributed by atoms with Crippen LogP contribution in [0.15, 0.2) is 52.4 Å². The molecule has 0 saturated heterocycles. The molecule has 8 nitrogen and oxygen atoms in total. The molecule has 0 heterocycles. The van der Waals surface area contributed by atoms with E-state index in [1.54, 1.807) is 20.5 Å². The molecule has 0 aliphatic carbocycles. The molecule has 0 radical (unpaired) electrons. The van der Waals surface area contributed by atoms with Crippen molar-refractivity contribution in [2.45, 2.75) is 18.2 Å². The second kappa shape index (κ2) is 10.9. The van der Waals surface area contributed by atoms with Gasteiger partial charge in [0.05, 0.1) is 19.1 Å². The van der Waals surface area contributed by atoms with Gasteiger partial charge in [0.1, 0.15) is 0 Å². The number of nitrogens with one attached hydrogen (secondary N) is 2. The van der Waals surface area contributed by atoms with E-state index >= 15 is 0 Å². The second-order valence-electron chi connectivity index (χ2n) is 6.14. The lowest BCUT2D eigenvalue weighted by Gasteiger charge is -2.11. The highest BCUT2D eigenvalue weighted by molar-refractivity contribution is 8.14. The second-order valence-corrected chi connectivity index (χ2v) is 8.62. The first kappa shape index (κ1) is 23.6. The van der Waals surface area contributed by atoms with Crippen LogP contribution in [0, 0.1) is 0 Å². The molecule has 30 heavy (non-hydrogen) atoms. The van der Waals surface area contributed by atoms with Gasteiger partial charge in [-0.25, -0.2) is 8.42 Å². The molecule has 0 unspecified atom stereocenters. The zero-order valence-electron chi connectivity index (χ0n) is 17.3. The summed E-state index contributed by atoms with van der Waals surface area (Å²) in [4.78, 5) is 15.5. The van der Waals surface area contributed by atoms with Gasteiger partial charge in [0.2, 0.25) is 5.91 Å². The quantitative estimate of drug-likeness (QED) is 0.472. The van der Waals surface area contributed by atoms with Crippen LogP contribution in [-0.2, 0) is 21.2 Å². The summed E-state index contributed by atoms with van der Waals surface area (Å²) in [6.07, 6.45) is 2.36. The number of thioether (sulfide) groups is 1. The summed E-state index contributed by atoms with van der Waals surface area (Å²) in [7, 11) is -0.634. The van der Waals surface area contributed by atoms with Crippen LogP contribution in [0.5, 0.6) is 11.5 Å². The Morgan fingerprint density at radius 1 is 1.07 bits per heavy atom. The summed E-state index contributed by atoms with van der Waals surface area (Å²) in [6.45, 7) is 1.78. The molecule has 2 N–H and O–H groups in total. The number of ether oxygens (including phenoxy) is 2. The van der Waals surface area contributed by atoms with Gasteiger partial charge in [-0.1, -0.05) is 17.8 Å². The van der Waals surface area contributed by atoms with Gasteiger partial charge < -0.3 is 14.8 Å². The number of carbonyl (C=O) groups excluding carboxylic acids is 1. The number of amidine groups is 1. The van der Waals surface area contributed by atoms with E-state index in [9.17, 15) is 13.2 Å². The lowest BCUT2D eigenvalue weighted by Crippen LogP contribution is -2.28. The molecular formula is C20H25N3O5S2. The molecule has 2 rings (SSSR count). The average Bonchev–Trinajstić information content (AvgIpc) is 2.72. The van der Waals surface area contributed by atoms with Gasteiger partial charge in [0, 0.05) is 19.2 Å². The van der Waals surface area contributed by atoms with Gasteiger partial charge in [0.25, 0.3) is 10.0 Å². The molecule has 0 aliphatic heterocycles. The van der Waals surface area contributed by atoms with Crippen LogP contribution in [0.25, 0.3) is 0 Å². The maximum absolute atomic E-state index is 12.6. The van der Waals surface area contributed by atoms with Crippen molar-refractivity contribution in [2.24, 2.45) is 4.99 Å². The van der Waals surface area contributed by atoms with Gasteiger partial charge in [0.15, 0.2) is 16.7 Å². The minimum absolute atomic E-state index is 0.0817. The number of rotatable bonds is 8. The predicted octanol–water partition coefficient (Wildman–Crippen LogP) is 2.90. The Balaban J connectivity index is 2.04. The van der Waals surface area contributed by atoms with E-state index in [0.29, 0.717) is 35.3 Å². The van der Waals surface area contributed by atoms with Gasteiger partial charge in [-0.15, -0.1) is 0 Å². The Kier molecular flexibility index (Phi) is 8.55. The zero-order valence-corrected chi connectivity index (χ0v) is 18.9. The Morgan fingerprint density at radius 2 is 1.73 bits per heavy atom. The molecule has 0 atom stereocenters. The fraction of sp³-hybridized carbons (Fsp3) is 0.300. The number of hydrogen-bond acceptors (Lipinski definition) is 7. The van der Waals surface area contributed by atoms with Crippen molar-refractivity contribution in [2.75, 3.05) is 32.3 Å². The van der Waals surface area contributed by atoms with Crippen molar-refractivity contribution in [3.05, 3.63) is 48.0 Å². The van der Waals surface area contributed by atoms with E-state index in [-0.39, 0.29) is 10.8 Å². The molecule has 0 bridgehead atoms. The minimum atomic E-state index is -3.78. The number of hydrogen-bond donors (Lipinski definition) is 2. The fourth-order valence-corrected chi connectivity index (χ4v) is 4.35. The van der Waals surface area contributed by atoms with Crippen molar-refractivity contribution in [1.82, 2.24) is 4.72 Å². The Morgan fingerprint density at radius 3 is 2.30 bits per heavy atom. The molecular weight excluding hydrogens is 426 g/mol. The summed E-state index contributed by atoms with van der Waals surface area (Å²) in [5, 5.41) is 2.89. The molecule has 162 valence electrons. The zero-order chi connectivity index (χ0) is 22.1. The van der Waals surface area contributed by atoms with Crippen LogP contribution < -0.4 is 19.5 Å². The van der Waals surface area contributed by atoms with Crippen LogP contribution in [0.4, 0.5) is 5.69 Å². The highest BCUT2D eigenvalue weighted by Gasteiger charge is 2.16. The first-order valence-electron chi connectivity index (χ1n) is 8.99. The first-order chi connectivity index (χ1) is 14.3. The standard InChI is InChI=1S/C20H25N3O5S2/c1-14(24)22-16-6-8-17(9-7-16)30(25,26)23-20(29-4)21-12-11-15-5-10-18(27-2)19(13-15)28-3/h5-10,13H,11-12H2,1-4H3,(H,21,23)(H,22,24). The predicted molar refractivity (Wildman–Crippen MR) is 120 cm³/mol. The number of amides is 1. The number of carbonyl (C=O) groups is 1. The Labute approximate surface area is 181 Å². The van der Waals surface area contributed by atoms with E-state index in [2.05, 4.69) is 15.0 Å². The number of aliphatic imine (C=N–C) groups is 1. The van der Waals surface area contributed by atoms with Crippen molar-refractivity contribution in [3.63, 3.8) is 0 Å². The molecule has 0 aromatic heterocycles. The number of methoxy groups -OCH3 is 2. The van der Waals surface area contributed by atoms with Crippen LogP contribution in [0.1, 0.15) is 12.5 Å². The summed E-state index contributed by atoms with van der Waals surface area (Å²) >= 11 is 1.21. The highest BCUT2D eigenvalue weighted by atomic mass is 32.2. The molecule has 10 heteroatoms. The molecule has 1 amide bonds. The molecule has 0 aliphatic rings. The normalized spacial score (nSPS) is 11.7. The van der Waals surface area contributed by atoms with E-state index in [1.165, 1.54) is 43.0 Å². The van der Waals surface area contributed by atoms with Crippen molar-refractivity contribution in [3.8, 4) is 11.5 Å². The maximum Gasteiger partial charge on any atom is 0.263 e. The van der Waals surface area contributed by atoms with Crippen LogP contribution >= 0.6 is 11.8 Å². The fourth-order valence-electron chi connectivity index (χ4n) is 2.56. The van der Waals surface area contributed by atoms with Crippen LogP contribution in [0.3, 0.4) is 0 Å². The van der Waals surface area contributed by atoms with E-state index < -0.39 is 10.0 Å². The van der Waals surface area contributed by atoms with Crippen LogP contribution in [0.2, 0.25) is 0 Å². The number of sulfonamides is 1. The molecule has 0 saturated carbocycles. The number of benzene rings is 2. The van der Waals surface area contributed by atoms with E-state index in [4.69, 9.17) is 9.47 Å². The molecule has 0 fully saturated rings. The third kappa shape index (κ3) is 6.67. The van der Waals surface area contributed by atoms with Gasteiger partial charge in [-0.2, -0.15) is 0 Å². The first-order valence-corrected chi connectivity index (χ1v) is 11.7. The van der Waals surface area contributed by atoms with Gasteiger partial charge in [-0.3, -0.25) is 14.5 Å². The van der Waals surface area contributed by atoms with Crippen LogP contribution in [-0.4, -0.2) is 46.5 Å². The average molecular weight is 452 g/mol. The largest absolute Gasteiger partial charge is 0.493 e. The SMILES string of the molecule is COc1ccc(CCN=C(NS(=O)(=O)c2ccc(NC(C)=O)cc2)SC)cc1OC. The third-order valence-electron chi connectivity index (χ3n) is 4.00. The van der Waals surface area contributed by atoms with Gasteiger partial charge >= 0.3 is 0 Å². The number of nitrogens with zero attached hydrogens (tertiary/aromatic N) is 1. The molecule has 0 spiro atoms. The third-order valence-corrected chi connectivity index (χ3v) is 6.11. The number of anilines is 1.